The summed E-state index contributed by atoms with van der Waals surface area (Å²) in [5.74, 6) is 0.148. The summed E-state index contributed by atoms with van der Waals surface area (Å²) in [6.07, 6.45) is 1.06. The number of hydrogen-bond donors (Lipinski definition) is 2. The van der Waals surface area contributed by atoms with Crippen molar-refractivity contribution in [2.45, 2.75) is 27.2 Å². The van der Waals surface area contributed by atoms with Crippen LogP contribution in [-0.2, 0) is 0 Å². The number of carbonyl (C=O) groups excluding carboxylic acids is 1. The monoisotopic (exact) mass is 313 g/mol. The number of rotatable bonds is 9. The summed E-state index contributed by atoms with van der Waals surface area (Å²) in [6.45, 7) is 11.4. The standard InChI is InChI=1S/C14H27N5OS/c1-5-18(6-2)9-8-10-19(7-3)14-11(13(20)16-4)12(15)17-21-14/h5-10H2,1-4H3,(H2,15,17)(H,16,20). The Labute approximate surface area is 131 Å². The minimum Gasteiger partial charge on any atom is -0.382 e. The molecule has 3 N–H and O–H groups in total. The zero-order valence-corrected chi connectivity index (χ0v) is 14.3. The third kappa shape index (κ3) is 4.57. The van der Waals surface area contributed by atoms with Crippen molar-refractivity contribution in [1.82, 2.24) is 14.6 Å². The molecule has 0 aliphatic rings. The molecule has 120 valence electrons. The number of amides is 1. The maximum absolute atomic E-state index is 12.0. The second kappa shape index (κ2) is 8.84. The lowest BCUT2D eigenvalue weighted by Gasteiger charge is -2.24. The molecule has 1 heterocycles. The van der Waals surface area contributed by atoms with Crippen LogP contribution in [-0.4, -0.2) is 55.0 Å². The lowest BCUT2D eigenvalue weighted by molar-refractivity contribution is 0.0964. The van der Waals surface area contributed by atoms with E-state index in [-0.39, 0.29) is 5.91 Å². The van der Waals surface area contributed by atoms with Crippen LogP contribution in [0.3, 0.4) is 0 Å². The third-order valence-corrected chi connectivity index (χ3v) is 4.54. The first kappa shape index (κ1) is 17.7. The topological polar surface area (TPSA) is 74.5 Å². The molecule has 0 spiro atoms. The fourth-order valence-corrected chi connectivity index (χ4v) is 3.18. The number of nitrogens with one attached hydrogen (secondary N) is 1. The summed E-state index contributed by atoms with van der Waals surface area (Å²) in [7, 11) is 1.61. The Morgan fingerprint density at radius 2 is 1.90 bits per heavy atom. The zero-order valence-electron chi connectivity index (χ0n) is 13.5. The molecular formula is C14H27N5OS. The maximum Gasteiger partial charge on any atom is 0.257 e. The van der Waals surface area contributed by atoms with Gasteiger partial charge in [0.1, 0.15) is 10.6 Å². The average molecular weight is 313 g/mol. The highest BCUT2D eigenvalue weighted by atomic mass is 32.1. The molecule has 1 amide bonds. The first-order valence-electron chi connectivity index (χ1n) is 7.53. The van der Waals surface area contributed by atoms with Crippen LogP contribution in [0.4, 0.5) is 10.8 Å². The quantitative estimate of drug-likeness (QED) is 0.725. The van der Waals surface area contributed by atoms with E-state index in [1.54, 1.807) is 7.05 Å². The molecule has 0 bridgehead atoms. The molecule has 0 saturated carbocycles. The van der Waals surface area contributed by atoms with E-state index in [2.05, 4.69) is 40.3 Å². The lowest BCUT2D eigenvalue weighted by atomic mass is 10.2. The number of nitrogens with two attached hydrogens (primary N) is 1. The van der Waals surface area contributed by atoms with Crippen molar-refractivity contribution in [3.63, 3.8) is 0 Å². The Bertz CT molecular complexity index is 445. The number of nitrogen functional groups attached to an aromatic ring is 1. The molecule has 1 rings (SSSR count). The summed E-state index contributed by atoms with van der Waals surface area (Å²) in [5.41, 5.74) is 6.34. The van der Waals surface area contributed by atoms with Crippen LogP contribution in [0, 0.1) is 0 Å². The predicted molar refractivity (Wildman–Crippen MR) is 90.2 cm³/mol. The molecule has 0 aliphatic heterocycles. The van der Waals surface area contributed by atoms with Crippen LogP contribution in [0.15, 0.2) is 0 Å². The van der Waals surface area contributed by atoms with E-state index in [0.717, 1.165) is 44.1 Å². The molecule has 0 unspecified atom stereocenters. The van der Waals surface area contributed by atoms with Gasteiger partial charge < -0.3 is 20.9 Å². The van der Waals surface area contributed by atoms with Crippen LogP contribution in [0.5, 0.6) is 0 Å². The number of aromatic nitrogens is 1. The maximum atomic E-state index is 12.0. The van der Waals surface area contributed by atoms with Gasteiger partial charge in [-0.15, -0.1) is 0 Å². The normalized spacial score (nSPS) is 10.9. The van der Waals surface area contributed by atoms with E-state index < -0.39 is 0 Å². The first-order chi connectivity index (χ1) is 10.1. The number of hydrogen-bond acceptors (Lipinski definition) is 6. The van der Waals surface area contributed by atoms with Gasteiger partial charge in [0.15, 0.2) is 5.82 Å². The largest absolute Gasteiger partial charge is 0.382 e. The third-order valence-electron chi connectivity index (χ3n) is 3.62. The van der Waals surface area contributed by atoms with Gasteiger partial charge >= 0.3 is 0 Å². The Hall–Kier alpha value is -1.34. The van der Waals surface area contributed by atoms with Crippen LogP contribution in [0.1, 0.15) is 37.6 Å². The average Bonchev–Trinajstić information content (AvgIpc) is 2.88. The second-order valence-corrected chi connectivity index (χ2v) is 5.54. The SMILES string of the molecule is CCN(CC)CCCN(CC)c1snc(N)c1C(=O)NC. The van der Waals surface area contributed by atoms with Crippen LogP contribution in [0.25, 0.3) is 0 Å². The molecule has 7 heteroatoms. The Kier molecular flexibility index (Phi) is 7.45. The molecule has 0 aromatic carbocycles. The van der Waals surface area contributed by atoms with Gasteiger partial charge in [-0.05, 0) is 44.5 Å². The van der Waals surface area contributed by atoms with Crippen molar-refractivity contribution in [3.8, 4) is 0 Å². The van der Waals surface area contributed by atoms with Crippen molar-refractivity contribution in [2.24, 2.45) is 0 Å². The number of carbonyl (C=O) groups is 1. The molecule has 0 saturated heterocycles. The Morgan fingerprint density at radius 1 is 1.24 bits per heavy atom. The van der Waals surface area contributed by atoms with E-state index in [9.17, 15) is 4.79 Å². The van der Waals surface area contributed by atoms with E-state index >= 15 is 0 Å². The first-order valence-corrected chi connectivity index (χ1v) is 8.30. The van der Waals surface area contributed by atoms with Gasteiger partial charge in [0.05, 0.1) is 0 Å². The van der Waals surface area contributed by atoms with Crippen LogP contribution < -0.4 is 16.0 Å². The summed E-state index contributed by atoms with van der Waals surface area (Å²) >= 11 is 1.30. The van der Waals surface area contributed by atoms with Crippen LogP contribution >= 0.6 is 11.5 Å². The highest BCUT2D eigenvalue weighted by Gasteiger charge is 2.22. The van der Waals surface area contributed by atoms with Crippen molar-refractivity contribution in [2.75, 3.05) is 50.4 Å². The molecule has 0 radical (unpaired) electrons. The van der Waals surface area contributed by atoms with Crippen molar-refractivity contribution >= 4 is 28.3 Å². The molecule has 0 atom stereocenters. The molecule has 6 nitrogen and oxygen atoms in total. The van der Waals surface area contributed by atoms with Crippen molar-refractivity contribution < 1.29 is 4.79 Å². The molecule has 1 aromatic rings. The fraction of sp³-hybridized carbons (Fsp3) is 0.714. The van der Waals surface area contributed by atoms with Gasteiger partial charge in [0.25, 0.3) is 5.91 Å². The van der Waals surface area contributed by atoms with E-state index in [4.69, 9.17) is 5.73 Å². The second-order valence-electron chi connectivity index (χ2n) is 4.79. The fourth-order valence-electron chi connectivity index (χ4n) is 2.28. The van der Waals surface area contributed by atoms with E-state index in [1.165, 1.54) is 11.5 Å². The summed E-state index contributed by atoms with van der Waals surface area (Å²) < 4.78 is 4.14. The van der Waals surface area contributed by atoms with Crippen LogP contribution in [0.2, 0.25) is 0 Å². The van der Waals surface area contributed by atoms with Gasteiger partial charge in [0, 0.05) is 20.1 Å². The minimum atomic E-state index is -0.168. The molecular weight excluding hydrogens is 286 g/mol. The summed E-state index contributed by atoms with van der Waals surface area (Å²) in [5, 5.41) is 3.50. The molecule has 0 fully saturated rings. The van der Waals surface area contributed by atoms with E-state index in [1.807, 2.05) is 0 Å². The molecule has 21 heavy (non-hydrogen) atoms. The van der Waals surface area contributed by atoms with Gasteiger partial charge in [-0.25, -0.2) is 0 Å². The van der Waals surface area contributed by atoms with E-state index in [0.29, 0.717) is 11.4 Å². The van der Waals surface area contributed by atoms with Gasteiger partial charge in [-0.2, -0.15) is 4.37 Å². The van der Waals surface area contributed by atoms with Gasteiger partial charge in [-0.1, -0.05) is 13.8 Å². The highest BCUT2D eigenvalue weighted by Crippen LogP contribution is 2.30. The number of anilines is 2. The smallest absolute Gasteiger partial charge is 0.257 e. The van der Waals surface area contributed by atoms with Gasteiger partial charge in [0.2, 0.25) is 0 Å². The van der Waals surface area contributed by atoms with Gasteiger partial charge in [-0.3, -0.25) is 4.79 Å². The molecule has 0 aliphatic carbocycles. The zero-order chi connectivity index (χ0) is 15.8. The highest BCUT2D eigenvalue weighted by molar-refractivity contribution is 7.11. The van der Waals surface area contributed by atoms with Crippen molar-refractivity contribution in [3.05, 3.63) is 5.56 Å². The number of nitrogens with zero attached hydrogens (tertiary/aromatic N) is 3. The summed E-state index contributed by atoms with van der Waals surface area (Å²) in [4.78, 5) is 16.5. The minimum absolute atomic E-state index is 0.168. The lowest BCUT2D eigenvalue weighted by Crippen LogP contribution is -2.31. The predicted octanol–water partition coefficient (Wildman–Crippen LogP) is 1.64. The Balaban J connectivity index is 2.74. The summed E-state index contributed by atoms with van der Waals surface area (Å²) in [6, 6.07) is 0. The molecule has 1 aromatic heterocycles. The van der Waals surface area contributed by atoms with Crippen molar-refractivity contribution in [1.29, 1.82) is 0 Å². The Morgan fingerprint density at radius 3 is 2.43 bits per heavy atom.